The summed E-state index contributed by atoms with van der Waals surface area (Å²) in [6.45, 7) is 6.12. The highest BCUT2D eigenvalue weighted by Gasteiger charge is 2.11. The van der Waals surface area contributed by atoms with Gasteiger partial charge in [0, 0.05) is 9.64 Å². The first-order valence-corrected chi connectivity index (χ1v) is 6.32. The van der Waals surface area contributed by atoms with Crippen molar-refractivity contribution in [2.75, 3.05) is 0 Å². The molecule has 83 valence electrons. The minimum Gasteiger partial charge on any atom is -0.487 e. The minimum atomic E-state index is -0.173. The molecule has 2 rings (SSSR count). The lowest BCUT2D eigenvalue weighted by Crippen LogP contribution is -2.22. The first kappa shape index (κ1) is 11.7. The largest absolute Gasteiger partial charge is 0.487 e. The molecule has 2 aromatic rings. The first-order valence-electron chi connectivity index (χ1n) is 5.25. The number of fused-ring (bicyclic) bond motifs is 1. The van der Waals surface area contributed by atoms with Gasteiger partial charge in [-0.2, -0.15) is 0 Å². The molecule has 0 aromatic heterocycles. The fraction of sp³-hybridized carbons (Fsp3) is 0.286. The molecule has 0 saturated heterocycles. The molecule has 0 spiro atoms. The second-order valence-corrected chi connectivity index (χ2v) is 6.01. The fourth-order valence-electron chi connectivity index (χ4n) is 1.51. The first-order chi connectivity index (χ1) is 7.44. The summed E-state index contributed by atoms with van der Waals surface area (Å²) in [5.41, 5.74) is -0.173. The van der Waals surface area contributed by atoms with Gasteiger partial charge in [-0.1, -0.05) is 12.1 Å². The summed E-state index contributed by atoms with van der Waals surface area (Å²) in [6.07, 6.45) is 0. The Balaban J connectivity index is 2.41. The number of hydrogen-bond donors (Lipinski definition) is 0. The van der Waals surface area contributed by atoms with Crippen LogP contribution in [0.25, 0.3) is 10.8 Å². The monoisotopic (exact) mass is 325 g/mol. The van der Waals surface area contributed by atoms with Crippen LogP contribution in [0, 0.1) is 9.64 Å². The Morgan fingerprint density at radius 3 is 2.56 bits per heavy atom. The normalized spacial score (nSPS) is 11.8. The van der Waals surface area contributed by atoms with Gasteiger partial charge in [0.05, 0.1) is 0 Å². The molecule has 1 radical (unpaired) electrons. The third-order valence-corrected chi connectivity index (χ3v) is 2.77. The van der Waals surface area contributed by atoms with Crippen molar-refractivity contribution in [2.45, 2.75) is 26.4 Å². The molecule has 2 heteroatoms. The number of hydrogen-bond acceptors (Lipinski definition) is 1. The van der Waals surface area contributed by atoms with Gasteiger partial charge in [-0.15, -0.1) is 0 Å². The molecule has 0 saturated carbocycles. The zero-order chi connectivity index (χ0) is 11.8. The van der Waals surface area contributed by atoms with E-state index in [9.17, 15) is 0 Å². The van der Waals surface area contributed by atoms with Crippen LogP contribution in [0.4, 0.5) is 0 Å². The third kappa shape index (κ3) is 2.88. The SMILES string of the molecule is CC(C)(C)Oc1[c]c2ccc(I)cc2cc1. The van der Waals surface area contributed by atoms with Gasteiger partial charge in [-0.3, -0.25) is 0 Å². The van der Waals surface area contributed by atoms with Gasteiger partial charge in [0.15, 0.2) is 0 Å². The van der Waals surface area contributed by atoms with Gasteiger partial charge >= 0.3 is 0 Å². The predicted molar refractivity (Wildman–Crippen MR) is 75.9 cm³/mol. The Kier molecular flexibility index (Phi) is 3.10. The molecule has 0 aliphatic heterocycles. The van der Waals surface area contributed by atoms with E-state index in [0.29, 0.717) is 0 Å². The van der Waals surface area contributed by atoms with Crippen molar-refractivity contribution >= 4 is 33.4 Å². The van der Waals surface area contributed by atoms with Crippen LogP contribution in [-0.2, 0) is 0 Å². The van der Waals surface area contributed by atoms with Crippen molar-refractivity contribution in [1.29, 1.82) is 0 Å². The predicted octanol–water partition coefficient (Wildman–Crippen LogP) is 4.42. The Labute approximate surface area is 110 Å². The molecule has 2 aromatic carbocycles. The Bertz CT molecular complexity index is 512. The Hall–Kier alpha value is -0.770. The van der Waals surface area contributed by atoms with E-state index in [-0.39, 0.29) is 5.60 Å². The van der Waals surface area contributed by atoms with E-state index >= 15 is 0 Å². The molecule has 0 unspecified atom stereocenters. The summed E-state index contributed by atoms with van der Waals surface area (Å²) >= 11 is 2.31. The van der Waals surface area contributed by atoms with Gasteiger partial charge in [0.1, 0.15) is 11.4 Å². The lowest BCUT2D eigenvalue weighted by molar-refractivity contribution is 0.131. The van der Waals surface area contributed by atoms with Gasteiger partial charge in [-0.25, -0.2) is 0 Å². The number of halogens is 1. The van der Waals surface area contributed by atoms with Crippen LogP contribution in [0.15, 0.2) is 30.3 Å². The molecule has 0 aliphatic rings. The van der Waals surface area contributed by atoms with E-state index in [1.807, 2.05) is 26.8 Å². The smallest absolute Gasteiger partial charge is 0.128 e. The summed E-state index contributed by atoms with van der Waals surface area (Å²) in [5, 5.41) is 2.30. The quantitative estimate of drug-likeness (QED) is 0.705. The maximum absolute atomic E-state index is 5.78. The summed E-state index contributed by atoms with van der Waals surface area (Å²) in [7, 11) is 0. The summed E-state index contributed by atoms with van der Waals surface area (Å²) < 4.78 is 7.02. The highest BCUT2D eigenvalue weighted by Crippen LogP contribution is 2.24. The molecular formula is C14H14IO. The van der Waals surface area contributed by atoms with Crippen LogP contribution in [0.3, 0.4) is 0 Å². The van der Waals surface area contributed by atoms with Gasteiger partial charge in [-0.05, 0) is 72.3 Å². The highest BCUT2D eigenvalue weighted by molar-refractivity contribution is 14.1. The van der Waals surface area contributed by atoms with E-state index in [1.165, 1.54) is 8.96 Å². The van der Waals surface area contributed by atoms with Crippen molar-refractivity contribution in [2.24, 2.45) is 0 Å². The lowest BCUT2D eigenvalue weighted by Gasteiger charge is -2.21. The number of ether oxygens (including phenoxy) is 1. The molecule has 0 heterocycles. The van der Waals surface area contributed by atoms with Crippen molar-refractivity contribution in [1.82, 2.24) is 0 Å². The van der Waals surface area contributed by atoms with Gasteiger partial charge in [0.2, 0.25) is 0 Å². The second kappa shape index (κ2) is 4.24. The van der Waals surface area contributed by atoms with Crippen molar-refractivity contribution in [3.05, 3.63) is 40.0 Å². The van der Waals surface area contributed by atoms with Crippen molar-refractivity contribution in [3.63, 3.8) is 0 Å². The zero-order valence-corrected chi connectivity index (χ0v) is 11.8. The van der Waals surface area contributed by atoms with Crippen LogP contribution in [0.5, 0.6) is 5.75 Å². The van der Waals surface area contributed by atoms with E-state index in [0.717, 1.165) is 11.1 Å². The second-order valence-electron chi connectivity index (χ2n) is 4.77. The fourth-order valence-corrected chi connectivity index (χ4v) is 2.03. The van der Waals surface area contributed by atoms with Crippen LogP contribution in [-0.4, -0.2) is 5.60 Å². The van der Waals surface area contributed by atoms with Gasteiger partial charge in [0.25, 0.3) is 0 Å². The molecule has 1 nitrogen and oxygen atoms in total. The van der Waals surface area contributed by atoms with E-state index in [4.69, 9.17) is 4.74 Å². The minimum absolute atomic E-state index is 0.173. The molecule has 16 heavy (non-hydrogen) atoms. The lowest BCUT2D eigenvalue weighted by atomic mass is 10.1. The van der Waals surface area contributed by atoms with Crippen LogP contribution in [0.2, 0.25) is 0 Å². The van der Waals surface area contributed by atoms with Crippen LogP contribution in [0.1, 0.15) is 20.8 Å². The summed E-state index contributed by atoms with van der Waals surface area (Å²) in [4.78, 5) is 0. The molecule has 0 N–H and O–H groups in total. The zero-order valence-electron chi connectivity index (χ0n) is 9.67. The van der Waals surface area contributed by atoms with E-state index in [1.54, 1.807) is 0 Å². The van der Waals surface area contributed by atoms with E-state index < -0.39 is 0 Å². The number of rotatable bonds is 1. The summed E-state index contributed by atoms with van der Waals surface area (Å²) in [6, 6.07) is 13.6. The van der Waals surface area contributed by atoms with Gasteiger partial charge < -0.3 is 4.74 Å². The third-order valence-electron chi connectivity index (χ3n) is 2.10. The molecule has 0 bridgehead atoms. The molecule has 0 fully saturated rings. The Morgan fingerprint density at radius 1 is 1.12 bits per heavy atom. The highest BCUT2D eigenvalue weighted by atomic mass is 127. The molecular weight excluding hydrogens is 311 g/mol. The van der Waals surface area contributed by atoms with Crippen molar-refractivity contribution < 1.29 is 4.74 Å². The summed E-state index contributed by atoms with van der Waals surface area (Å²) in [5.74, 6) is 0.807. The number of benzene rings is 2. The van der Waals surface area contributed by atoms with E-state index in [2.05, 4.69) is 52.9 Å². The Morgan fingerprint density at radius 2 is 1.88 bits per heavy atom. The van der Waals surface area contributed by atoms with Crippen LogP contribution < -0.4 is 4.74 Å². The van der Waals surface area contributed by atoms with Crippen LogP contribution >= 0.6 is 22.6 Å². The maximum atomic E-state index is 5.78. The topological polar surface area (TPSA) is 9.23 Å². The average Bonchev–Trinajstić information content (AvgIpc) is 2.16. The van der Waals surface area contributed by atoms with Crippen molar-refractivity contribution in [3.8, 4) is 5.75 Å². The average molecular weight is 325 g/mol. The standard InChI is InChI=1S/C14H14IO/c1-14(2,3)16-13-7-5-10-8-12(15)6-4-11(10)9-13/h4-8H,1-3H3. The molecule has 0 aliphatic carbocycles. The molecule has 0 amide bonds. The maximum Gasteiger partial charge on any atom is 0.128 e. The molecule has 0 atom stereocenters.